The smallest absolute Gasteiger partial charge is 0.247 e. The first-order chi connectivity index (χ1) is 18.5. The number of halogens is 1. The molecule has 3 aromatic rings. The second-order valence-electron chi connectivity index (χ2n) is 9.95. The molecular weight excluding hydrogens is 534 g/mol. The number of carbonyl (C=O) groups excluding carboxylic acids is 2. The molecule has 0 saturated heterocycles. The molecule has 0 aromatic heterocycles. The van der Waals surface area contributed by atoms with Crippen LogP contribution in [0, 0.1) is 5.92 Å². The van der Waals surface area contributed by atoms with Gasteiger partial charge >= 0.3 is 0 Å². The zero-order chi connectivity index (χ0) is 28.4. The molecular formula is C30H36ClN3O4S. The first kappa shape index (κ1) is 30.3. The Morgan fingerprint density at radius 3 is 1.97 bits per heavy atom. The summed E-state index contributed by atoms with van der Waals surface area (Å²) in [5.41, 5.74) is 2.15. The molecule has 0 heterocycles. The summed E-state index contributed by atoms with van der Waals surface area (Å²) in [4.78, 5) is 29.1. The van der Waals surface area contributed by atoms with E-state index >= 15 is 0 Å². The van der Waals surface area contributed by atoms with Gasteiger partial charge in [0, 0.05) is 24.7 Å². The zero-order valence-electron chi connectivity index (χ0n) is 22.6. The molecule has 7 nitrogen and oxygen atoms in total. The molecule has 3 aromatic carbocycles. The first-order valence-electron chi connectivity index (χ1n) is 12.9. The maximum atomic E-state index is 14.0. The molecule has 0 bridgehead atoms. The van der Waals surface area contributed by atoms with E-state index in [0.717, 1.165) is 28.1 Å². The number of hydrogen-bond acceptors (Lipinski definition) is 4. The van der Waals surface area contributed by atoms with E-state index in [-0.39, 0.29) is 19.0 Å². The maximum Gasteiger partial charge on any atom is 0.247 e. The Kier molecular flexibility index (Phi) is 11.1. The van der Waals surface area contributed by atoms with Crippen molar-refractivity contribution in [2.75, 3.05) is 19.3 Å². The average Bonchev–Trinajstić information content (AvgIpc) is 2.89. The van der Waals surface area contributed by atoms with Crippen LogP contribution in [0.2, 0.25) is 5.02 Å². The molecule has 3 rings (SSSR count). The van der Waals surface area contributed by atoms with Gasteiger partial charge in [0.2, 0.25) is 21.8 Å². The van der Waals surface area contributed by atoms with Crippen molar-refractivity contribution >= 4 is 33.4 Å². The topological polar surface area (TPSA) is 86.8 Å². The Hall–Kier alpha value is -3.20. The van der Waals surface area contributed by atoms with Crippen LogP contribution in [0.15, 0.2) is 84.9 Å². The molecule has 1 atom stereocenters. The van der Waals surface area contributed by atoms with Gasteiger partial charge in [-0.3, -0.25) is 9.59 Å². The number of amides is 2. The van der Waals surface area contributed by atoms with Crippen LogP contribution in [0.25, 0.3) is 0 Å². The molecule has 0 spiro atoms. The number of nitrogens with one attached hydrogen (secondary N) is 1. The number of sulfonamides is 1. The van der Waals surface area contributed by atoms with Crippen LogP contribution in [-0.2, 0) is 32.7 Å². The van der Waals surface area contributed by atoms with Crippen LogP contribution in [-0.4, -0.2) is 48.8 Å². The van der Waals surface area contributed by atoms with Gasteiger partial charge in [-0.2, -0.15) is 4.31 Å². The second kappa shape index (κ2) is 14.3. The molecule has 0 saturated carbocycles. The highest BCUT2D eigenvalue weighted by atomic mass is 35.5. The summed E-state index contributed by atoms with van der Waals surface area (Å²) in [7, 11) is -3.74. The Balaban J connectivity index is 1.99. The van der Waals surface area contributed by atoms with Crippen molar-refractivity contribution in [2.45, 2.75) is 39.4 Å². The van der Waals surface area contributed by atoms with Gasteiger partial charge in [0.15, 0.2) is 0 Å². The van der Waals surface area contributed by atoms with E-state index in [9.17, 15) is 18.0 Å². The van der Waals surface area contributed by atoms with Crippen molar-refractivity contribution in [1.82, 2.24) is 14.5 Å². The van der Waals surface area contributed by atoms with E-state index in [4.69, 9.17) is 11.6 Å². The molecule has 1 N–H and O–H groups in total. The van der Waals surface area contributed by atoms with Gasteiger partial charge in [0.05, 0.1) is 12.8 Å². The third-order valence-corrected chi connectivity index (χ3v) is 7.71. The summed E-state index contributed by atoms with van der Waals surface area (Å²) in [6.07, 6.45) is 1.87. The van der Waals surface area contributed by atoms with Gasteiger partial charge in [-0.15, -0.1) is 0 Å². The van der Waals surface area contributed by atoms with Crippen molar-refractivity contribution in [3.63, 3.8) is 0 Å². The number of hydrogen-bond donors (Lipinski definition) is 1. The largest absolute Gasteiger partial charge is 0.354 e. The van der Waals surface area contributed by atoms with Crippen molar-refractivity contribution in [2.24, 2.45) is 5.92 Å². The van der Waals surface area contributed by atoms with Gasteiger partial charge in [0.1, 0.15) is 6.04 Å². The SMILES string of the molecule is CC(C)CCNC(=O)[C@H](c1ccccc1)N(Cc1ccc(Cl)cc1)C(=O)CN(Cc1ccccc1)S(C)(=O)=O. The van der Waals surface area contributed by atoms with Crippen molar-refractivity contribution in [3.8, 4) is 0 Å². The van der Waals surface area contributed by atoms with Gasteiger partial charge in [-0.05, 0) is 41.2 Å². The van der Waals surface area contributed by atoms with Crippen LogP contribution in [0.1, 0.15) is 43.0 Å². The molecule has 0 unspecified atom stereocenters. The lowest BCUT2D eigenvalue weighted by Crippen LogP contribution is -2.48. The van der Waals surface area contributed by atoms with Gasteiger partial charge in [-0.1, -0.05) is 98.2 Å². The zero-order valence-corrected chi connectivity index (χ0v) is 24.2. The standard InChI is InChI=1S/C30H36ClN3O4S/c1-23(2)18-19-32-30(36)29(26-12-8-5-9-13-26)34(21-25-14-16-27(31)17-15-25)28(35)22-33(39(3,37)38)20-24-10-6-4-7-11-24/h4-17,23,29H,18-22H2,1-3H3,(H,32,36)/t29-/m0/s1. The first-order valence-corrected chi connectivity index (χ1v) is 15.1. The summed E-state index contributed by atoms with van der Waals surface area (Å²) in [5, 5.41) is 3.53. The Morgan fingerprint density at radius 1 is 0.846 bits per heavy atom. The van der Waals surface area contributed by atoms with E-state index in [2.05, 4.69) is 19.2 Å². The van der Waals surface area contributed by atoms with Crippen molar-refractivity contribution < 1.29 is 18.0 Å². The molecule has 208 valence electrons. The van der Waals surface area contributed by atoms with Crippen LogP contribution in [0.3, 0.4) is 0 Å². The Morgan fingerprint density at radius 2 is 1.41 bits per heavy atom. The lowest BCUT2D eigenvalue weighted by atomic mass is 10.0. The number of rotatable bonds is 13. The highest BCUT2D eigenvalue weighted by Gasteiger charge is 2.33. The lowest BCUT2D eigenvalue weighted by Gasteiger charge is -2.33. The predicted molar refractivity (Wildman–Crippen MR) is 155 cm³/mol. The normalized spacial score (nSPS) is 12.4. The van der Waals surface area contributed by atoms with Crippen molar-refractivity contribution in [1.29, 1.82) is 0 Å². The number of benzene rings is 3. The summed E-state index contributed by atoms with van der Waals surface area (Å²) in [6, 6.07) is 24.2. The number of nitrogens with zero attached hydrogens (tertiary/aromatic N) is 2. The van der Waals surface area contributed by atoms with Crippen LogP contribution in [0.4, 0.5) is 0 Å². The predicted octanol–water partition coefficient (Wildman–Crippen LogP) is 5.03. The van der Waals surface area contributed by atoms with Crippen LogP contribution >= 0.6 is 11.6 Å². The fourth-order valence-electron chi connectivity index (χ4n) is 4.12. The molecule has 39 heavy (non-hydrogen) atoms. The van der Waals surface area contributed by atoms with E-state index in [1.807, 2.05) is 48.5 Å². The fraction of sp³-hybridized carbons (Fsp3) is 0.333. The quantitative estimate of drug-likeness (QED) is 0.313. The fourth-order valence-corrected chi connectivity index (χ4v) is 4.97. The van der Waals surface area contributed by atoms with Crippen molar-refractivity contribution in [3.05, 3.63) is 107 Å². The van der Waals surface area contributed by atoms with Crippen LogP contribution in [0.5, 0.6) is 0 Å². The summed E-state index contributed by atoms with van der Waals surface area (Å²) in [5.74, 6) is -0.411. The van der Waals surface area contributed by atoms with Gasteiger partial charge in [0.25, 0.3) is 0 Å². The summed E-state index contributed by atoms with van der Waals surface area (Å²) < 4.78 is 26.6. The monoisotopic (exact) mass is 569 g/mol. The minimum absolute atomic E-state index is 0.0385. The molecule has 0 fully saturated rings. The maximum absolute atomic E-state index is 14.0. The summed E-state index contributed by atoms with van der Waals surface area (Å²) >= 11 is 6.08. The average molecular weight is 570 g/mol. The molecule has 0 aliphatic heterocycles. The third kappa shape index (κ3) is 9.49. The molecule has 9 heteroatoms. The van der Waals surface area contributed by atoms with E-state index in [0.29, 0.717) is 23.0 Å². The Labute approximate surface area is 236 Å². The third-order valence-electron chi connectivity index (χ3n) is 6.27. The van der Waals surface area contributed by atoms with Gasteiger partial charge in [-0.25, -0.2) is 8.42 Å². The second-order valence-corrected chi connectivity index (χ2v) is 12.4. The van der Waals surface area contributed by atoms with E-state index < -0.39 is 28.5 Å². The molecule has 0 radical (unpaired) electrons. The van der Waals surface area contributed by atoms with Gasteiger partial charge < -0.3 is 10.2 Å². The van der Waals surface area contributed by atoms with Crippen LogP contribution < -0.4 is 5.32 Å². The summed E-state index contributed by atoms with van der Waals surface area (Å²) in [6.45, 7) is 4.33. The van der Waals surface area contributed by atoms with E-state index in [1.165, 1.54) is 4.90 Å². The minimum atomic E-state index is -3.74. The lowest BCUT2D eigenvalue weighted by molar-refractivity contribution is -0.141. The molecule has 0 aliphatic rings. The highest BCUT2D eigenvalue weighted by molar-refractivity contribution is 7.88. The highest BCUT2D eigenvalue weighted by Crippen LogP contribution is 2.25. The van der Waals surface area contributed by atoms with E-state index in [1.54, 1.807) is 36.4 Å². The Bertz CT molecular complexity index is 1320. The molecule has 0 aliphatic carbocycles. The molecule has 2 amide bonds. The minimum Gasteiger partial charge on any atom is -0.354 e. The number of carbonyl (C=O) groups is 2.